The van der Waals surface area contributed by atoms with Crippen LogP contribution in [-0.4, -0.2) is 87.3 Å². The van der Waals surface area contributed by atoms with Gasteiger partial charge < -0.3 is 19.7 Å². The van der Waals surface area contributed by atoms with Crippen molar-refractivity contribution >= 4 is 29.8 Å². The van der Waals surface area contributed by atoms with E-state index in [-0.39, 0.29) is 29.6 Å². The first kappa shape index (κ1) is 39.3. The van der Waals surface area contributed by atoms with Crippen LogP contribution in [0, 0.1) is 5.41 Å². The zero-order valence-corrected chi connectivity index (χ0v) is 29.9. The van der Waals surface area contributed by atoms with Gasteiger partial charge in [0.25, 0.3) is 11.8 Å². The number of urea groups is 1. The number of esters is 2. The highest BCUT2D eigenvalue weighted by Gasteiger charge is 2.60. The number of hydrogen-bond acceptors (Lipinski definition) is 9. The molecule has 268 valence electrons. The van der Waals surface area contributed by atoms with Crippen molar-refractivity contribution in [2.24, 2.45) is 5.41 Å². The third kappa shape index (κ3) is 8.38. The zero-order valence-electron chi connectivity index (χ0n) is 29.9. The molecule has 0 aromatic heterocycles. The Labute approximate surface area is 289 Å². The number of nitrogens with zero attached hydrogens (tertiary/aromatic N) is 2. The molecule has 11 heteroatoms. The molecule has 1 heterocycles. The third-order valence-electron chi connectivity index (χ3n) is 10.5. The molecule has 1 aliphatic rings. The first-order chi connectivity index (χ1) is 23.2. The fourth-order valence-electron chi connectivity index (χ4n) is 6.17. The molecule has 2 aromatic carbocycles. The minimum absolute atomic E-state index is 0.0482. The fourth-order valence-corrected chi connectivity index (χ4v) is 6.17. The lowest BCUT2D eigenvalue weighted by molar-refractivity contribution is -0.157. The Morgan fingerprint density at radius 1 is 0.735 bits per heavy atom. The van der Waals surface area contributed by atoms with Crippen molar-refractivity contribution in [3.05, 3.63) is 71.3 Å². The Morgan fingerprint density at radius 2 is 1.22 bits per heavy atom. The van der Waals surface area contributed by atoms with E-state index in [1.807, 2.05) is 13.8 Å². The van der Waals surface area contributed by atoms with Crippen molar-refractivity contribution in [2.45, 2.75) is 110 Å². The second-order valence-corrected chi connectivity index (χ2v) is 13.5. The van der Waals surface area contributed by atoms with Crippen LogP contribution in [0.15, 0.2) is 54.6 Å². The second-order valence-electron chi connectivity index (χ2n) is 13.5. The van der Waals surface area contributed by atoms with Crippen molar-refractivity contribution < 1.29 is 43.7 Å². The molecule has 4 amide bonds. The molecule has 2 aromatic rings. The van der Waals surface area contributed by atoms with Crippen molar-refractivity contribution in [1.82, 2.24) is 9.80 Å². The number of aliphatic hydroxyl groups is 2. The van der Waals surface area contributed by atoms with Crippen molar-refractivity contribution in [2.75, 3.05) is 19.8 Å². The normalized spacial score (nSPS) is 18.3. The van der Waals surface area contributed by atoms with E-state index in [9.17, 15) is 34.2 Å². The van der Waals surface area contributed by atoms with Crippen LogP contribution in [0.2, 0.25) is 0 Å². The smallest absolute Gasteiger partial charge is 0.338 e. The average molecular weight is 681 g/mol. The van der Waals surface area contributed by atoms with E-state index in [4.69, 9.17) is 9.47 Å². The molecule has 0 spiro atoms. The van der Waals surface area contributed by atoms with Gasteiger partial charge in [-0.1, -0.05) is 84.7 Å². The maximum absolute atomic E-state index is 14.2. The predicted molar refractivity (Wildman–Crippen MR) is 184 cm³/mol. The van der Waals surface area contributed by atoms with Crippen LogP contribution in [0.5, 0.6) is 0 Å². The molecule has 1 saturated heterocycles. The number of barbiturate groups is 1. The van der Waals surface area contributed by atoms with Crippen LogP contribution < -0.4 is 0 Å². The summed E-state index contributed by atoms with van der Waals surface area (Å²) in [4.78, 5) is 69.5. The number of carbonyl (C=O) groups excluding carboxylic acids is 5. The predicted octanol–water partition coefficient (Wildman–Crippen LogP) is 5.66. The first-order valence-electron chi connectivity index (χ1n) is 17.2. The average Bonchev–Trinajstić information content (AvgIpc) is 3.12. The summed E-state index contributed by atoms with van der Waals surface area (Å²) in [5.41, 5.74) is -1.88. The van der Waals surface area contributed by atoms with Gasteiger partial charge in [-0.25, -0.2) is 14.4 Å². The zero-order chi connectivity index (χ0) is 36.6. The number of rotatable bonds is 17. The lowest BCUT2D eigenvalue weighted by Crippen LogP contribution is -2.72. The quantitative estimate of drug-likeness (QED) is 0.159. The summed E-state index contributed by atoms with van der Waals surface area (Å²) < 4.78 is 10.6. The second kappa shape index (κ2) is 16.5. The van der Waals surface area contributed by atoms with Gasteiger partial charge in [0.1, 0.15) is 19.3 Å². The molecule has 1 aliphatic heterocycles. The van der Waals surface area contributed by atoms with Crippen LogP contribution >= 0.6 is 0 Å². The molecule has 0 bridgehead atoms. The number of aliphatic hydroxyl groups excluding tert-OH is 2. The molecule has 1 fully saturated rings. The lowest BCUT2D eigenvalue weighted by atomic mass is 9.72. The number of amides is 4. The van der Waals surface area contributed by atoms with Crippen LogP contribution in [0.3, 0.4) is 0 Å². The summed E-state index contributed by atoms with van der Waals surface area (Å²) >= 11 is 0. The molecule has 0 radical (unpaired) electrons. The Hall–Kier alpha value is -4.09. The highest BCUT2D eigenvalue weighted by Crippen LogP contribution is 2.41. The van der Waals surface area contributed by atoms with Gasteiger partial charge in [0.2, 0.25) is 0 Å². The molecule has 11 nitrogen and oxygen atoms in total. The van der Waals surface area contributed by atoms with E-state index < -0.39 is 66.1 Å². The summed E-state index contributed by atoms with van der Waals surface area (Å²) in [5, 5.41) is 21.3. The number of carbonyl (C=O) groups is 5. The van der Waals surface area contributed by atoms with Gasteiger partial charge in [0, 0.05) is 5.54 Å². The number of hydrogen-bond donors (Lipinski definition) is 2. The van der Waals surface area contributed by atoms with Crippen LogP contribution in [0.4, 0.5) is 4.79 Å². The fraction of sp³-hybridized carbons (Fsp3) is 0.553. The Kier molecular flexibility index (Phi) is 13.3. The monoisotopic (exact) mass is 680 g/mol. The minimum atomic E-state index is -1.68. The van der Waals surface area contributed by atoms with Crippen molar-refractivity contribution in [1.29, 1.82) is 0 Å². The highest BCUT2D eigenvalue weighted by molar-refractivity contribution is 6.23. The highest BCUT2D eigenvalue weighted by atomic mass is 16.5. The van der Waals surface area contributed by atoms with Crippen molar-refractivity contribution in [3.8, 4) is 0 Å². The molecule has 3 unspecified atom stereocenters. The molecular weight excluding hydrogens is 628 g/mol. The standard InChI is InChI=1S/C38H52N2O9/c1-8-36(6,9-2)22-29(41)24-48-31(43)26-18-20-27(21-19-26)32(44)49-25-30(42)23-39-33(45)38(12-5,28-16-14-13-15-17-28)34(46)40(35(39)47)37(7,10-3)11-4/h13-21,29-30,41-42H,8-12,22-25H2,1-7H3. The van der Waals surface area contributed by atoms with E-state index in [1.165, 1.54) is 24.3 Å². The number of β-amino-alcohol motifs (C(OH)–C–C–N with tert-alkyl or cyclic N) is 1. The summed E-state index contributed by atoms with van der Waals surface area (Å²) in [6.07, 6.45) is 1.03. The summed E-state index contributed by atoms with van der Waals surface area (Å²) in [5.74, 6) is -2.78. The first-order valence-corrected chi connectivity index (χ1v) is 17.2. The van der Waals surface area contributed by atoms with Crippen molar-refractivity contribution in [3.63, 3.8) is 0 Å². The lowest BCUT2D eigenvalue weighted by Gasteiger charge is -2.50. The van der Waals surface area contributed by atoms with E-state index in [0.29, 0.717) is 24.8 Å². The number of imide groups is 2. The number of benzene rings is 2. The van der Waals surface area contributed by atoms with Crippen LogP contribution in [0.25, 0.3) is 0 Å². The van der Waals surface area contributed by atoms with Gasteiger partial charge in [-0.3, -0.25) is 19.4 Å². The third-order valence-corrected chi connectivity index (χ3v) is 10.5. The van der Waals surface area contributed by atoms with Gasteiger partial charge in [0.05, 0.1) is 23.8 Å². The van der Waals surface area contributed by atoms with E-state index in [1.54, 1.807) is 44.2 Å². The topological polar surface area (TPSA) is 151 Å². The Balaban J connectivity index is 1.70. The van der Waals surface area contributed by atoms with Gasteiger partial charge in [-0.05, 0) is 67.9 Å². The largest absolute Gasteiger partial charge is 0.459 e. The maximum atomic E-state index is 14.2. The molecule has 0 saturated carbocycles. The van der Waals surface area contributed by atoms with E-state index in [0.717, 1.165) is 22.6 Å². The van der Waals surface area contributed by atoms with Crippen LogP contribution in [0.1, 0.15) is 113 Å². The summed E-state index contributed by atoms with van der Waals surface area (Å²) in [6.45, 7) is 12.2. The van der Waals surface area contributed by atoms with Gasteiger partial charge in [-0.15, -0.1) is 0 Å². The SMILES string of the molecule is CCC(C)(CC)CC(O)COC(=O)c1ccc(C(=O)OCC(O)CN2C(=O)N(C(C)(CC)CC)C(=O)C(CC)(c3ccccc3)C2=O)cc1. The van der Waals surface area contributed by atoms with Gasteiger partial charge >= 0.3 is 18.0 Å². The maximum Gasteiger partial charge on any atom is 0.338 e. The molecule has 0 aliphatic carbocycles. The van der Waals surface area contributed by atoms with Crippen LogP contribution in [-0.2, 0) is 24.5 Å². The molecule has 3 atom stereocenters. The Morgan fingerprint density at radius 3 is 1.67 bits per heavy atom. The molecule has 49 heavy (non-hydrogen) atoms. The van der Waals surface area contributed by atoms with Gasteiger partial charge in [0.15, 0.2) is 5.41 Å². The summed E-state index contributed by atoms with van der Waals surface area (Å²) in [7, 11) is 0. The Bertz CT molecular complexity index is 1470. The number of ether oxygens (including phenoxy) is 2. The van der Waals surface area contributed by atoms with E-state index in [2.05, 4.69) is 20.8 Å². The van der Waals surface area contributed by atoms with E-state index >= 15 is 0 Å². The molecular formula is C38H52N2O9. The molecule has 3 rings (SSSR count). The minimum Gasteiger partial charge on any atom is -0.459 e. The summed E-state index contributed by atoms with van der Waals surface area (Å²) in [6, 6.07) is 13.3. The molecule has 2 N–H and O–H groups in total. The van der Waals surface area contributed by atoms with Gasteiger partial charge in [-0.2, -0.15) is 0 Å².